The van der Waals surface area contributed by atoms with E-state index in [0.717, 1.165) is 57.4 Å². The Morgan fingerprint density at radius 3 is 2.72 bits per heavy atom. The molecule has 1 N–H and O–H groups in total. The van der Waals surface area contributed by atoms with E-state index in [1.165, 1.54) is 42.5 Å². The Labute approximate surface area is 215 Å². The number of ether oxygens (including phenoxy) is 1. The van der Waals surface area contributed by atoms with Crippen LogP contribution in [0.4, 0.5) is 0 Å². The number of likely N-dealkylation sites (tertiary alicyclic amines) is 1. The molecule has 4 heteroatoms. The van der Waals surface area contributed by atoms with Crippen molar-refractivity contribution in [2.45, 2.75) is 88.7 Å². The average molecular weight is 486 g/mol. The van der Waals surface area contributed by atoms with Crippen molar-refractivity contribution in [2.24, 2.45) is 17.3 Å². The number of carbonyl (C=O) groups is 1. The van der Waals surface area contributed by atoms with Crippen molar-refractivity contribution >= 4 is 5.78 Å². The Hall–Kier alpha value is -2.33. The first-order valence-electron chi connectivity index (χ1n) is 14.3. The lowest BCUT2D eigenvalue weighted by Crippen LogP contribution is -2.69. The van der Waals surface area contributed by atoms with Crippen LogP contribution in [0.5, 0.6) is 11.5 Å². The van der Waals surface area contributed by atoms with Crippen LogP contribution in [0.15, 0.2) is 42.5 Å². The van der Waals surface area contributed by atoms with Gasteiger partial charge in [0.1, 0.15) is 0 Å². The summed E-state index contributed by atoms with van der Waals surface area (Å²) in [6, 6.07) is 15.1. The molecule has 2 heterocycles. The first kappa shape index (κ1) is 22.8. The standard InChI is InChI=1S/C32H39NO3/c1-31(15-6-5-10-21-8-3-2-4-9-21)19-24-25-18-23-13-14-26(34)28-27(23)32(24,30(36-28)29(31)35)16-17-33(25)20-22-11-7-12-22/h2-4,8-9,13-14,22,24-25,30,34H,5-7,10-12,15-20H2,1H3/t24?,25?,30?,31-,32?/m1/s1. The van der Waals surface area contributed by atoms with Gasteiger partial charge in [0.25, 0.3) is 0 Å². The van der Waals surface area contributed by atoms with E-state index in [1.807, 2.05) is 0 Å². The lowest BCUT2D eigenvalue weighted by Gasteiger charge is -2.61. The quantitative estimate of drug-likeness (QED) is 0.502. The van der Waals surface area contributed by atoms with Gasteiger partial charge >= 0.3 is 0 Å². The molecule has 2 aromatic rings. The molecule has 36 heavy (non-hydrogen) atoms. The van der Waals surface area contributed by atoms with E-state index >= 15 is 0 Å². The van der Waals surface area contributed by atoms with E-state index in [9.17, 15) is 9.90 Å². The van der Waals surface area contributed by atoms with Gasteiger partial charge in [0.2, 0.25) is 0 Å². The minimum Gasteiger partial charge on any atom is -0.504 e. The van der Waals surface area contributed by atoms with Crippen molar-refractivity contribution in [3.63, 3.8) is 0 Å². The number of unbranched alkanes of at least 4 members (excludes halogenated alkanes) is 1. The Morgan fingerprint density at radius 2 is 1.94 bits per heavy atom. The van der Waals surface area contributed by atoms with Crippen LogP contribution >= 0.6 is 0 Å². The van der Waals surface area contributed by atoms with Crippen molar-refractivity contribution in [3.05, 3.63) is 59.2 Å². The number of nitrogens with zero attached hydrogens (tertiary/aromatic N) is 1. The van der Waals surface area contributed by atoms with Crippen LogP contribution in [-0.4, -0.2) is 41.0 Å². The molecule has 1 spiro atoms. The molecule has 7 rings (SSSR count). The van der Waals surface area contributed by atoms with Gasteiger partial charge < -0.3 is 9.84 Å². The molecule has 2 bridgehead atoms. The minimum absolute atomic E-state index is 0.212. The van der Waals surface area contributed by atoms with Gasteiger partial charge in [0, 0.05) is 29.0 Å². The van der Waals surface area contributed by atoms with E-state index < -0.39 is 6.10 Å². The van der Waals surface area contributed by atoms with Gasteiger partial charge in [0.05, 0.1) is 0 Å². The predicted molar refractivity (Wildman–Crippen MR) is 140 cm³/mol. The molecule has 3 aliphatic carbocycles. The maximum Gasteiger partial charge on any atom is 0.180 e. The third-order valence-corrected chi connectivity index (χ3v) is 10.7. The zero-order chi connectivity index (χ0) is 24.5. The van der Waals surface area contributed by atoms with Gasteiger partial charge in [-0.1, -0.05) is 56.2 Å². The van der Waals surface area contributed by atoms with Gasteiger partial charge in [-0.3, -0.25) is 9.69 Å². The normalized spacial score (nSPS) is 34.7. The average Bonchev–Trinajstić information content (AvgIpc) is 3.20. The molecule has 3 fully saturated rings. The molecular formula is C32H39NO3. The number of phenolic OH excluding ortho intramolecular Hbond substituents is 1. The van der Waals surface area contributed by atoms with Gasteiger partial charge in [-0.2, -0.15) is 0 Å². The zero-order valence-electron chi connectivity index (χ0n) is 21.5. The number of phenols is 1. The fraction of sp³-hybridized carbons (Fsp3) is 0.594. The number of aryl methyl sites for hydroxylation is 1. The lowest BCUT2D eigenvalue weighted by molar-refractivity contribution is -0.156. The smallest absolute Gasteiger partial charge is 0.180 e. The van der Waals surface area contributed by atoms with Gasteiger partial charge in [-0.25, -0.2) is 0 Å². The second-order valence-corrected chi connectivity index (χ2v) is 12.7. The van der Waals surface area contributed by atoms with Crippen molar-refractivity contribution < 1.29 is 14.6 Å². The Bertz CT molecular complexity index is 1170. The first-order valence-corrected chi connectivity index (χ1v) is 14.3. The number of carbonyl (C=O) groups excluding carboxylic acids is 1. The van der Waals surface area contributed by atoms with E-state index in [1.54, 1.807) is 6.07 Å². The Kier molecular flexibility index (Phi) is 5.29. The number of ketones is 1. The molecular weight excluding hydrogens is 446 g/mol. The van der Waals surface area contributed by atoms with Gasteiger partial charge in [-0.05, 0) is 86.9 Å². The summed E-state index contributed by atoms with van der Waals surface area (Å²) in [4.78, 5) is 17.0. The van der Waals surface area contributed by atoms with Crippen LogP contribution in [0.2, 0.25) is 0 Å². The van der Waals surface area contributed by atoms with E-state index in [-0.39, 0.29) is 22.4 Å². The molecule has 190 valence electrons. The van der Waals surface area contributed by atoms with Crippen LogP contribution < -0.4 is 4.74 Å². The molecule has 0 amide bonds. The van der Waals surface area contributed by atoms with E-state index in [0.29, 0.717) is 17.7 Å². The number of aromatic hydroxyl groups is 1. The van der Waals surface area contributed by atoms with Crippen LogP contribution in [0.3, 0.4) is 0 Å². The maximum absolute atomic E-state index is 14.2. The van der Waals surface area contributed by atoms with Crippen LogP contribution in [0, 0.1) is 17.3 Å². The molecule has 2 saturated carbocycles. The van der Waals surface area contributed by atoms with Crippen molar-refractivity contribution in [1.29, 1.82) is 0 Å². The molecule has 1 saturated heterocycles. The molecule has 4 nitrogen and oxygen atoms in total. The summed E-state index contributed by atoms with van der Waals surface area (Å²) >= 11 is 0. The van der Waals surface area contributed by atoms with Gasteiger partial charge in [-0.15, -0.1) is 0 Å². The van der Waals surface area contributed by atoms with Gasteiger partial charge in [0.15, 0.2) is 23.4 Å². The van der Waals surface area contributed by atoms with Crippen LogP contribution in [0.1, 0.15) is 75.0 Å². The summed E-state index contributed by atoms with van der Waals surface area (Å²) in [5, 5.41) is 10.8. The monoisotopic (exact) mass is 485 g/mol. The highest BCUT2D eigenvalue weighted by molar-refractivity contribution is 5.93. The molecule has 0 aromatic heterocycles. The fourth-order valence-corrected chi connectivity index (χ4v) is 8.63. The lowest BCUT2D eigenvalue weighted by atomic mass is 9.47. The third kappa shape index (κ3) is 3.25. The summed E-state index contributed by atoms with van der Waals surface area (Å²) in [5.41, 5.74) is 3.27. The highest BCUT2D eigenvalue weighted by Gasteiger charge is 2.69. The number of piperidine rings is 1. The molecule has 0 radical (unpaired) electrons. The highest BCUT2D eigenvalue weighted by Crippen LogP contribution is 2.66. The number of benzene rings is 2. The third-order valence-electron chi connectivity index (χ3n) is 10.7. The predicted octanol–water partition coefficient (Wildman–Crippen LogP) is 5.83. The number of Topliss-reactive ketones (excluding diaryl/α,β-unsaturated/α-hetero) is 1. The highest BCUT2D eigenvalue weighted by atomic mass is 16.5. The van der Waals surface area contributed by atoms with E-state index in [4.69, 9.17) is 4.74 Å². The summed E-state index contributed by atoms with van der Waals surface area (Å²) in [6.45, 7) is 4.48. The molecule has 2 aliphatic heterocycles. The topological polar surface area (TPSA) is 49.8 Å². The van der Waals surface area contributed by atoms with Crippen molar-refractivity contribution in [1.82, 2.24) is 4.90 Å². The summed E-state index contributed by atoms with van der Waals surface area (Å²) < 4.78 is 6.52. The first-order chi connectivity index (χ1) is 17.5. The van der Waals surface area contributed by atoms with Crippen LogP contribution in [-0.2, 0) is 23.1 Å². The summed E-state index contributed by atoms with van der Waals surface area (Å²) in [7, 11) is 0. The second-order valence-electron chi connectivity index (χ2n) is 12.7. The molecule has 2 aromatic carbocycles. The van der Waals surface area contributed by atoms with Crippen LogP contribution in [0.25, 0.3) is 0 Å². The zero-order valence-corrected chi connectivity index (χ0v) is 21.5. The maximum atomic E-state index is 14.2. The summed E-state index contributed by atoms with van der Waals surface area (Å²) in [6.07, 6.45) is 10.8. The number of hydrogen-bond acceptors (Lipinski definition) is 4. The molecule has 5 atom stereocenters. The number of rotatable bonds is 7. The largest absolute Gasteiger partial charge is 0.504 e. The molecule has 5 aliphatic rings. The van der Waals surface area contributed by atoms with E-state index in [2.05, 4.69) is 48.2 Å². The Balaban J connectivity index is 1.19. The molecule has 4 unspecified atom stereocenters. The Morgan fingerprint density at radius 1 is 1.11 bits per heavy atom. The number of hydrogen-bond donors (Lipinski definition) is 1. The SMILES string of the molecule is C[C@@]1(CCCCc2ccccc2)CC2C3Cc4ccc(O)c5c4C2(CCN3CC2CCC2)C(O5)C1=O. The summed E-state index contributed by atoms with van der Waals surface area (Å²) in [5.74, 6) is 2.39. The van der Waals surface area contributed by atoms with Crippen molar-refractivity contribution in [2.75, 3.05) is 13.1 Å². The fourth-order valence-electron chi connectivity index (χ4n) is 8.63. The minimum atomic E-state index is -0.439. The van der Waals surface area contributed by atoms with Crippen molar-refractivity contribution in [3.8, 4) is 11.5 Å². The second kappa shape index (κ2) is 8.34.